The molecule has 3 heteroatoms. The van der Waals surface area contributed by atoms with E-state index in [1.54, 1.807) is 0 Å². The maximum atomic E-state index is 12.2. The summed E-state index contributed by atoms with van der Waals surface area (Å²) in [5.74, 6) is 0.578. The Balaban J connectivity index is 2.05. The summed E-state index contributed by atoms with van der Waals surface area (Å²) in [4.78, 5) is 12.2. The molecule has 0 unspecified atom stereocenters. The maximum absolute atomic E-state index is 12.2. The molecule has 0 saturated heterocycles. The monoisotopic (exact) mass is 275 g/mol. The number of benzene rings is 2. The van der Waals surface area contributed by atoms with Gasteiger partial charge in [-0.25, -0.2) is 4.79 Å². The Morgan fingerprint density at radius 3 is 2.52 bits per heavy atom. The highest BCUT2D eigenvalue weighted by Crippen LogP contribution is 2.23. The summed E-state index contributed by atoms with van der Waals surface area (Å²) in [6.45, 7) is 2.03. The third kappa shape index (κ3) is 1.86. The second-order valence-corrected chi connectivity index (χ2v) is 5.21. The largest absolute Gasteiger partial charge is 0.420 e. The van der Waals surface area contributed by atoms with Crippen LogP contribution >= 0.6 is 0 Å². The van der Waals surface area contributed by atoms with Gasteiger partial charge in [0.05, 0.1) is 11.7 Å². The van der Waals surface area contributed by atoms with Crippen LogP contribution in [-0.4, -0.2) is 4.40 Å². The zero-order valence-electron chi connectivity index (χ0n) is 11.5. The van der Waals surface area contributed by atoms with Gasteiger partial charge in [0.1, 0.15) is 5.52 Å². The summed E-state index contributed by atoms with van der Waals surface area (Å²) in [5, 5.41) is 1.03. The van der Waals surface area contributed by atoms with Crippen molar-refractivity contribution in [2.75, 3.05) is 0 Å². The first kappa shape index (κ1) is 12.0. The number of nitrogens with zero attached hydrogens (tertiary/aromatic N) is 1. The average molecular weight is 275 g/mol. The zero-order chi connectivity index (χ0) is 14.4. The highest BCUT2D eigenvalue weighted by atomic mass is 16.4. The Labute approximate surface area is 121 Å². The van der Waals surface area contributed by atoms with Crippen LogP contribution < -0.4 is 5.63 Å². The summed E-state index contributed by atoms with van der Waals surface area (Å²) in [6.07, 6.45) is 1.88. The van der Waals surface area contributed by atoms with Gasteiger partial charge < -0.3 is 8.82 Å². The first-order valence-corrected chi connectivity index (χ1v) is 6.83. The van der Waals surface area contributed by atoms with Crippen LogP contribution in [-0.2, 0) is 0 Å². The van der Waals surface area contributed by atoms with Gasteiger partial charge in [-0.3, -0.25) is 0 Å². The van der Waals surface area contributed by atoms with E-state index in [1.807, 2.05) is 72.1 Å². The molecule has 2 aromatic heterocycles. The molecular formula is C18H13NO2. The van der Waals surface area contributed by atoms with Crippen LogP contribution in [0.1, 0.15) is 5.56 Å². The predicted molar refractivity (Wildman–Crippen MR) is 83.6 cm³/mol. The summed E-state index contributed by atoms with van der Waals surface area (Å²) in [7, 11) is 0. The lowest BCUT2D eigenvalue weighted by molar-refractivity contribution is 0.525. The van der Waals surface area contributed by atoms with Crippen molar-refractivity contribution in [1.29, 1.82) is 0 Å². The lowest BCUT2D eigenvalue weighted by atomic mass is 10.1. The van der Waals surface area contributed by atoms with E-state index in [0.29, 0.717) is 11.3 Å². The fourth-order valence-electron chi connectivity index (χ4n) is 2.62. The molecule has 0 radical (unpaired) electrons. The van der Waals surface area contributed by atoms with Crippen molar-refractivity contribution in [3.8, 4) is 11.3 Å². The van der Waals surface area contributed by atoms with Crippen molar-refractivity contribution in [1.82, 2.24) is 4.40 Å². The van der Waals surface area contributed by atoms with E-state index in [0.717, 1.165) is 16.5 Å². The minimum atomic E-state index is -0.315. The third-order valence-corrected chi connectivity index (χ3v) is 3.74. The Kier molecular flexibility index (Phi) is 2.48. The van der Waals surface area contributed by atoms with Gasteiger partial charge in [0, 0.05) is 10.9 Å². The molecule has 3 nitrogen and oxygen atoms in total. The maximum Gasteiger partial charge on any atom is 0.360 e. The van der Waals surface area contributed by atoms with Crippen LogP contribution in [0.2, 0.25) is 0 Å². The van der Waals surface area contributed by atoms with Crippen LogP contribution in [0.15, 0.2) is 70.0 Å². The van der Waals surface area contributed by atoms with Crippen LogP contribution in [0.3, 0.4) is 0 Å². The van der Waals surface area contributed by atoms with Gasteiger partial charge in [0.25, 0.3) is 0 Å². The number of rotatable bonds is 1. The van der Waals surface area contributed by atoms with E-state index < -0.39 is 0 Å². The normalized spacial score (nSPS) is 11.3. The van der Waals surface area contributed by atoms with Gasteiger partial charge in [-0.1, -0.05) is 48.0 Å². The molecule has 102 valence electrons. The minimum Gasteiger partial charge on any atom is -0.420 e. The number of hydrogen-bond acceptors (Lipinski definition) is 2. The summed E-state index contributed by atoms with van der Waals surface area (Å²) in [6, 6.07) is 17.7. The molecule has 2 aromatic carbocycles. The zero-order valence-corrected chi connectivity index (χ0v) is 11.5. The van der Waals surface area contributed by atoms with Crippen LogP contribution in [0.5, 0.6) is 0 Å². The molecule has 0 spiro atoms. The second-order valence-electron chi connectivity index (χ2n) is 5.21. The molecule has 4 rings (SSSR count). The predicted octanol–water partition coefficient (Wildman–Crippen LogP) is 4.02. The van der Waals surface area contributed by atoms with Gasteiger partial charge >= 0.3 is 5.63 Å². The highest BCUT2D eigenvalue weighted by molar-refractivity contribution is 5.87. The summed E-state index contributed by atoms with van der Waals surface area (Å²) < 4.78 is 7.37. The molecule has 0 atom stereocenters. The molecule has 4 aromatic rings. The average Bonchev–Trinajstić information content (AvgIpc) is 2.87. The Bertz CT molecular complexity index is 1010. The number of para-hydroxylation sites is 1. The Morgan fingerprint density at radius 1 is 0.952 bits per heavy atom. The highest BCUT2D eigenvalue weighted by Gasteiger charge is 2.10. The fraction of sp³-hybridized carbons (Fsp3) is 0.0556. The lowest BCUT2D eigenvalue weighted by Gasteiger charge is -2.03. The minimum absolute atomic E-state index is 0.315. The van der Waals surface area contributed by atoms with Crippen molar-refractivity contribution >= 4 is 16.4 Å². The Morgan fingerprint density at radius 2 is 1.71 bits per heavy atom. The summed E-state index contributed by atoms with van der Waals surface area (Å²) in [5.41, 5.74) is 3.33. The van der Waals surface area contributed by atoms with Gasteiger partial charge in [0.2, 0.25) is 0 Å². The van der Waals surface area contributed by atoms with Crippen molar-refractivity contribution in [2.24, 2.45) is 0 Å². The van der Waals surface area contributed by atoms with Gasteiger partial charge in [-0.2, -0.15) is 0 Å². The van der Waals surface area contributed by atoms with Gasteiger partial charge in [0.15, 0.2) is 5.76 Å². The van der Waals surface area contributed by atoms with Crippen LogP contribution in [0, 0.1) is 6.92 Å². The molecule has 0 aliphatic heterocycles. The van der Waals surface area contributed by atoms with Crippen molar-refractivity contribution in [2.45, 2.75) is 6.92 Å². The molecule has 0 amide bonds. The number of fused-ring (bicyclic) bond motifs is 3. The molecular weight excluding hydrogens is 262 g/mol. The first-order valence-electron chi connectivity index (χ1n) is 6.83. The molecule has 0 aliphatic rings. The smallest absolute Gasteiger partial charge is 0.360 e. The molecule has 0 aliphatic carbocycles. The molecule has 0 saturated carbocycles. The van der Waals surface area contributed by atoms with E-state index in [9.17, 15) is 4.79 Å². The fourth-order valence-corrected chi connectivity index (χ4v) is 2.62. The summed E-state index contributed by atoms with van der Waals surface area (Å²) >= 11 is 0. The number of aryl methyl sites for hydroxylation is 1. The lowest BCUT2D eigenvalue weighted by Crippen LogP contribution is -2.03. The SMILES string of the molecule is Cc1ccc(-c2cn3c(cc4ccccc43)c(=O)o2)cc1. The third-order valence-electron chi connectivity index (χ3n) is 3.74. The number of aromatic nitrogens is 1. The van der Waals surface area contributed by atoms with Crippen molar-refractivity contribution < 1.29 is 4.42 Å². The van der Waals surface area contributed by atoms with Crippen molar-refractivity contribution in [3.05, 3.63) is 76.8 Å². The first-order chi connectivity index (χ1) is 10.2. The van der Waals surface area contributed by atoms with Crippen LogP contribution in [0.25, 0.3) is 27.7 Å². The Hall–Kier alpha value is -2.81. The molecule has 0 N–H and O–H groups in total. The van der Waals surface area contributed by atoms with E-state index in [-0.39, 0.29) is 5.63 Å². The second kappa shape index (κ2) is 4.35. The number of hydrogen-bond donors (Lipinski definition) is 0. The topological polar surface area (TPSA) is 34.6 Å². The van der Waals surface area contributed by atoms with E-state index in [2.05, 4.69) is 0 Å². The van der Waals surface area contributed by atoms with E-state index in [1.165, 1.54) is 5.56 Å². The van der Waals surface area contributed by atoms with Gasteiger partial charge in [-0.15, -0.1) is 0 Å². The molecule has 21 heavy (non-hydrogen) atoms. The molecule has 0 fully saturated rings. The quantitative estimate of drug-likeness (QED) is 0.526. The molecule has 2 heterocycles. The van der Waals surface area contributed by atoms with Crippen LogP contribution in [0.4, 0.5) is 0 Å². The van der Waals surface area contributed by atoms with E-state index in [4.69, 9.17) is 4.42 Å². The van der Waals surface area contributed by atoms with Crippen molar-refractivity contribution in [3.63, 3.8) is 0 Å². The molecule has 0 bridgehead atoms. The standard InChI is InChI=1S/C18H13NO2/c1-12-6-8-13(9-7-12)17-11-19-15-5-3-2-4-14(15)10-16(19)18(20)21-17/h2-11H,1H3. The van der Waals surface area contributed by atoms with E-state index >= 15 is 0 Å². The van der Waals surface area contributed by atoms with Gasteiger partial charge in [-0.05, 0) is 19.1 Å².